The molecule has 1 fully saturated rings. The van der Waals surface area contributed by atoms with E-state index in [1.54, 1.807) is 11.1 Å². The Morgan fingerprint density at radius 3 is 3.18 bits per heavy atom. The summed E-state index contributed by atoms with van der Waals surface area (Å²) in [5.41, 5.74) is 2.07. The number of rotatable bonds is 2. The summed E-state index contributed by atoms with van der Waals surface area (Å²) in [6.07, 6.45) is 2.65. The van der Waals surface area contributed by atoms with Gasteiger partial charge in [-0.25, -0.2) is 14.8 Å². The Morgan fingerprint density at radius 1 is 1.45 bits per heavy atom. The van der Waals surface area contributed by atoms with Crippen LogP contribution in [0.25, 0.3) is 0 Å². The third kappa shape index (κ3) is 3.20. The SMILES string of the molecule is CC1OCCN(C(=O)NCc2ncc3c(n2)CCOC3)C1C. The highest BCUT2D eigenvalue weighted by atomic mass is 16.5. The van der Waals surface area contributed by atoms with Gasteiger partial charge in [0.2, 0.25) is 0 Å². The van der Waals surface area contributed by atoms with Crippen molar-refractivity contribution < 1.29 is 14.3 Å². The molecule has 1 aromatic rings. The van der Waals surface area contributed by atoms with Crippen LogP contribution in [0.5, 0.6) is 0 Å². The second kappa shape index (κ2) is 6.58. The van der Waals surface area contributed by atoms with Gasteiger partial charge in [-0.1, -0.05) is 0 Å². The van der Waals surface area contributed by atoms with Crippen molar-refractivity contribution >= 4 is 6.03 Å². The second-order valence-electron chi connectivity index (χ2n) is 5.73. The van der Waals surface area contributed by atoms with Crippen LogP contribution in [0.3, 0.4) is 0 Å². The maximum atomic E-state index is 12.3. The maximum absolute atomic E-state index is 12.3. The molecule has 120 valence electrons. The summed E-state index contributed by atoms with van der Waals surface area (Å²) in [5.74, 6) is 0.642. The normalized spacial score (nSPS) is 24.7. The molecule has 2 amide bonds. The zero-order chi connectivity index (χ0) is 15.5. The van der Waals surface area contributed by atoms with Gasteiger partial charge in [-0.3, -0.25) is 0 Å². The van der Waals surface area contributed by atoms with E-state index in [0.29, 0.717) is 38.7 Å². The first kappa shape index (κ1) is 15.2. The van der Waals surface area contributed by atoms with Crippen molar-refractivity contribution in [3.05, 3.63) is 23.3 Å². The molecule has 1 aromatic heterocycles. The lowest BCUT2D eigenvalue weighted by Crippen LogP contribution is -2.54. The largest absolute Gasteiger partial charge is 0.376 e. The minimum absolute atomic E-state index is 0.0551. The van der Waals surface area contributed by atoms with Crippen molar-refractivity contribution in [3.8, 4) is 0 Å². The van der Waals surface area contributed by atoms with Crippen molar-refractivity contribution in [2.24, 2.45) is 0 Å². The molecule has 1 saturated heterocycles. The van der Waals surface area contributed by atoms with E-state index in [-0.39, 0.29) is 18.2 Å². The minimum Gasteiger partial charge on any atom is -0.376 e. The van der Waals surface area contributed by atoms with E-state index in [1.165, 1.54) is 0 Å². The molecule has 0 aliphatic carbocycles. The number of hydrogen-bond acceptors (Lipinski definition) is 5. The highest BCUT2D eigenvalue weighted by Crippen LogP contribution is 2.15. The number of amides is 2. The van der Waals surface area contributed by atoms with Crippen LogP contribution >= 0.6 is 0 Å². The Bertz CT molecular complexity index is 552. The molecule has 2 unspecified atom stereocenters. The van der Waals surface area contributed by atoms with Crippen LogP contribution in [0, 0.1) is 0 Å². The number of carbonyl (C=O) groups is 1. The fraction of sp³-hybridized carbons (Fsp3) is 0.667. The topological polar surface area (TPSA) is 76.6 Å². The number of urea groups is 1. The van der Waals surface area contributed by atoms with Gasteiger partial charge in [0.15, 0.2) is 0 Å². The van der Waals surface area contributed by atoms with Gasteiger partial charge in [-0.15, -0.1) is 0 Å². The third-order valence-corrected chi connectivity index (χ3v) is 4.29. The Labute approximate surface area is 130 Å². The lowest BCUT2D eigenvalue weighted by molar-refractivity contribution is -0.0376. The van der Waals surface area contributed by atoms with Gasteiger partial charge in [-0.2, -0.15) is 0 Å². The average molecular weight is 306 g/mol. The van der Waals surface area contributed by atoms with Gasteiger partial charge < -0.3 is 19.7 Å². The highest BCUT2D eigenvalue weighted by molar-refractivity contribution is 5.74. The minimum atomic E-state index is -0.0905. The number of nitrogens with one attached hydrogen (secondary N) is 1. The van der Waals surface area contributed by atoms with Crippen LogP contribution in [0.2, 0.25) is 0 Å². The van der Waals surface area contributed by atoms with Crippen LogP contribution in [-0.2, 0) is 29.0 Å². The molecule has 3 rings (SSSR count). The lowest BCUT2D eigenvalue weighted by atomic mass is 10.1. The smallest absolute Gasteiger partial charge is 0.318 e. The molecule has 7 heteroatoms. The summed E-state index contributed by atoms with van der Waals surface area (Å²) in [5, 5.41) is 2.90. The van der Waals surface area contributed by atoms with Crippen molar-refractivity contribution in [1.82, 2.24) is 20.2 Å². The predicted octanol–water partition coefficient (Wildman–Crippen LogP) is 0.868. The number of nitrogens with zero attached hydrogens (tertiary/aromatic N) is 3. The van der Waals surface area contributed by atoms with Gasteiger partial charge in [0.25, 0.3) is 0 Å². The van der Waals surface area contributed by atoms with Crippen molar-refractivity contribution in [3.63, 3.8) is 0 Å². The van der Waals surface area contributed by atoms with Crippen LogP contribution in [0.1, 0.15) is 30.9 Å². The molecule has 0 bridgehead atoms. The predicted molar refractivity (Wildman–Crippen MR) is 79.2 cm³/mol. The Kier molecular flexibility index (Phi) is 4.54. The summed E-state index contributed by atoms with van der Waals surface area (Å²) in [6, 6.07) is -0.0253. The lowest BCUT2D eigenvalue weighted by Gasteiger charge is -2.37. The first-order valence-corrected chi connectivity index (χ1v) is 7.72. The zero-order valence-electron chi connectivity index (χ0n) is 13.0. The van der Waals surface area contributed by atoms with Crippen molar-refractivity contribution in [2.45, 2.75) is 45.6 Å². The van der Waals surface area contributed by atoms with Crippen molar-refractivity contribution in [1.29, 1.82) is 0 Å². The molecule has 3 heterocycles. The van der Waals surface area contributed by atoms with E-state index in [1.807, 2.05) is 13.8 Å². The van der Waals surface area contributed by atoms with E-state index in [4.69, 9.17) is 9.47 Å². The van der Waals surface area contributed by atoms with Gasteiger partial charge in [0.05, 0.1) is 44.2 Å². The van der Waals surface area contributed by atoms with Crippen LogP contribution < -0.4 is 5.32 Å². The molecule has 2 aliphatic rings. The molecule has 2 atom stereocenters. The fourth-order valence-electron chi connectivity index (χ4n) is 2.73. The molecule has 2 aliphatic heterocycles. The van der Waals surface area contributed by atoms with Gasteiger partial charge in [0.1, 0.15) is 5.82 Å². The molecule has 0 aromatic carbocycles. The highest BCUT2D eigenvalue weighted by Gasteiger charge is 2.29. The Balaban J connectivity index is 1.59. The Morgan fingerprint density at radius 2 is 2.32 bits per heavy atom. The summed E-state index contributed by atoms with van der Waals surface area (Å²) < 4.78 is 10.9. The monoisotopic (exact) mass is 306 g/mol. The first-order chi connectivity index (χ1) is 10.6. The van der Waals surface area contributed by atoms with Crippen LogP contribution in [0.4, 0.5) is 4.79 Å². The number of ether oxygens (including phenoxy) is 2. The fourth-order valence-corrected chi connectivity index (χ4v) is 2.73. The number of carbonyl (C=O) groups excluding carboxylic acids is 1. The standard InChI is InChI=1S/C15H22N4O3/c1-10-11(2)22-6-4-19(10)15(20)17-8-14-16-7-12-9-21-5-3-13(12)18-14/h7,10-11H,3-6,8-9H2,1-2H3,(H,17,20). The van der Waals surface area contributed by atoms with Crippen LogP contribution in [0.15, 0.2) is 6.20 Å². The zero-order valence-corrected chi connectivity index (χ0v) is 13.0. The number of morpholine rings is 1. The summed E-state index contributed by atoms with van der Waals surface area (Å²) in [4.78, 5) is 22.9. The number of fused-ring (bicyclic) bond motifs is 1. The summed E-state index contributed by atoms with van der Waals surface area (Å²) in [7, 11) is 0. The van der Waals surface area contributed by atoms with E-state index < -0.39 is 0 Å². The van der Waals surface area contributed by atoms with E-state index in [9.17, 15) is 4.79 Å². The van der Waals surface area contributed by atoms with E-state index in [2.05, 4.69) is 15.3 Å². The Hall–Kier alpha value is -1.73. The van der Waals surface area contributed by atoms with Crippen LogP contribution in [-0.4, -0.2) is 52.8 Å². The number of aromatic nitrogens is 2. The van der Waals surface area contributed by atoms with E-state index in [0.717, 1.165) is 17.7 Å². The summed E-state index contributed by atoms with van der Waals surface area (Å²) in [6.45, 7) is 6.78. The average Bonchev–Trinajstić information content (AvgIpc) is 2.55. The molecule has 7 nitrogen and oxygen atoms in total. The van der Waals surface area contributed by atoms with Gasteiger partial charge in [-0.05, 0) is 13.8 Å². The quantitative estimate of drug-likeness (QED) is 0.877. The third-order valence-electron chi connectivity index (χ3n) is 4.29. The summed E-state index contributed by atoms with van der Waals surface area (Å²) >= 11 is 0. The van der Waals surface area contributed by atoms with Crippen molar-refractivity contribution in [2.75, 3.05) is 19.8 Å². The molecule has 0 saturated carbocycles. The molecular weight excluding hydrogens is 284 g/mol. The molecular formula is C15H22N4O3. The van der Waals surface area contributed by atoms with E-state index >= 15 is 0 Å². The molecule has 0 radical (unpaired) electrons. The number of hydrogen-bond donors (Lipinski definition) is 1. The molecule has 1 N–H and O–H groups in total. The van der Waals surface area contributed by atoms with Gasteiger partial charge >= 0.3 is 6.03 Å². The molecule has 22 heavy (non-hydrogen) atoms. The van der Waals surface area contributed by atoms with Gasteiger partial charge in [0, 0.05) is 24.7 Å². The second-order valence-corrected chi connectivity index (χ2v) is 5.73. The maximum Gasteiger partial charge on any atom is 0.318 e. The first-order valence-electron chi connectivity index (χ1n) is 7.72. The molecule has 0 spiro atoms.